The van der Waals surface area contributed by atoms with Gasteiger partial charge in [-0.25, -0.2) is 0 Å². The van der Waals surface area contributed by atoms with Gasteiger partial charge in [-0.1, -0.05) is 104 Å². The van der Waals surface area contributed by atoms with Gasteiger partial charge in [-0.05, 0) is 6.07 Å². The van der Waals surface area contributed by atoms with Crippen LogP contribution in [0, 0.1) is 0 Å². The second kappa shape index (κ2) is 7.39. The molecule has 0 bridgehead atoms. The van der Waals surface area contributed by atoms with Crippen LogP contribution in [0.5, 0.6) is 11.5 Å². The molecular formula is C12HCl9O. The molecular weight excluding hydrogens is 479 g/mol. The molecule has 22 heavy (non-hydrogen) atoms. The quantitative estimate of drug-likeness (QED) is 0.308. The Kier molecular flexibility index (Phi) is 6.44. The number of benzene rings is 2. The standard InChI is InChI=1S/C12HCl9O/c13-2-1-3(14)11(8(19)4(2)15)22-12-9(20)6(17)5(16)7(18)10(12)21/h1H. The summed E-state index contributed by atoms with van der Waals surface area (Å²) in [5, 5.41) is 0.118. The van der Waals surface area contributed by atoms with Crippen molar-refractivity contribution in [1.82, 2.24) is 0 Å². The van der Waals surface area contributed by atoms with Gasteiger partial charge in [0.1, 0.15) is 15.1 Å². The van der Waals surface area contributed by atoms with Gasteiger partial charge in [0.05, 0.1) is 30.1 Å². The normalized spacial score (nSPS) is 11.0. The molecule has 118 valence electrons. The molecule has 0 saturated heterocycles. The van der Waals surface area contributed by atoms with Crippen LogP contribution in [0.2, 0.25) is 45.2 Å². The Bertz CT molecular complexity index is 743. The molecule has 1 nitrogen and oxygen atoms in total. The van der Waals surface area contributed by atoms with Gasteiger partial charge in [-0.3, -0.25) is 0 Å². The molecule has 2 aromatic rings. The zero-order valence-electron chi connectivity index (χ0n) is 9.89. The van der Waals surface area contributed by atoms with Crippen LogP contribution in [-0.4, -0.2) is 0 Å². The number of hydrogen-bond donors (Lipinski definition) is 0. The van der Waals surface area contributed by atoms with E-state index >= 15 is 0 Å². The minimum Gasteiger partial charge on any atom is -0.451 e. The van der Waals surface area contributed by atoms with Crippen LogP contribution in [0.15, 0.2) is 6.07 Å². The topological polar surface area (TPSA) is 9.23 Å². The predicted molar refractivity (Wildman–Crippen MR) is 98.0 cm³/mol. The summed E-state index contributed by atoms with van der Waals surface area (Å²) in [4.78, 5) is 0. The Morgan fingerprint density at radius 2 is 0.864 bits per heavy atom. The molecule has 0 saturated carbocycles. The van der Waals surface area contributed by atoms with Crippen LogP contribution in [-0.2, 0) is 0 Å². The van der Waals surface area contributed by atoms with Crippen LogP contribution >= 0.6 is 104 Å². The molecule has 0 atom stereocenters. The second-order valence-electron chi connectivity index (χ2n) is 3.80. The highest BCUT2D eigenvalue weighted by atomic mass is 35.5. The Balaban J connectivity index is 2.66. The predicted octanol–water partition coefficient (Wildman–Crippen LogP) is 9.36. The summed E-state index contributed by atoms with van der Waals surface area (Å²) in [5.41, 5.74) is 0. The largest absolute Gasteiger partial charge is 0.451 e. The van der Waals surface area contributed by atoms with E-state index in [0.717, 1.165) is 0 Å². The maximum Gasteiger partial charge on any atom is 0.167 e. The Morgan fingerprint density at radius 1 is 0.455 bits per heavy atom. The van der Waals surface area contributed by atoms with Crippen molar-refractivity contribution in [3.8, 4) is 11.5 Å². The van der Waals surface area contributed by atoms with Crippen LogP contribution in [0.25, 0.3) is 0 Å². The number of halogens is 9. The lowest BCUT2D eigenvalue weighted by atomic mass is 10.3. The lowest BCUT2D eigenvalue weighted by Gasteiger charge is -2.16. The van der Waals surface area contributed by atoms with Crippen molar-refractivity contribution in [2.45, 2.75) is 0 Å². The highest BCUT2D eigenvalue weighted by Gasteiger charge is 2.24. The van der Waals surface area contributed by atoms with Crippen molar-refractivity contribution in [2.24, 2.45) is 0 Å². The third-order valence-corrected chi connectivity index (χ3v) is 6.21. The van der Waals surface area contributed by atoms with E-state index in [4.69, 9.17) is 109 Å². The van der Waals surface area contributed by atoms with Gasteiger partial charge in [0, 0.05) is 0 Å². The lowest BCUT2D eigenvalue weighted by Crippen LogP contribution is -1.92. The van der Waals surface area contributed by atoms with E-state index in [0.29, 0.717) is 0 Å². The fraction of sp³-hybridized carbons (Fsp3) is 0. The zero-order chi connectivity index (χ0) is 16.8. The molecule has 10 heteroatoms. The average Bonchev–Trinajstić information content (AvgIpc) is 2.48. The smallest absolute Gasteiger partial charge is 0.167 e. The Hall–Kier alpha value is 0.850. The average molecular weight is 480 g/mol. The Morgan fingerprint density at radius 3 is 1.36 bits per heavy atom. The summed E-state index contributed by atoms with van der Waals surface area (Å²) < 4.78 is 5.56. The van der Waals surface area contributed by atoms with Crippen molar-refractivity contribution in [3.63, 3.8) is 0 Å². The Labute approximate surface area is 170 Å². The molecule has 0 aliphatic rings. The minimum absolute atomic E-state index is 0.00276. The van der Waals surface area contributed by atoms with Crippen molar-refractivity contribution in [3.05, 3.63) is 51.3 Å². The van der Waals surface area contributed by atoms with Gasteiger partial charge in [-0.2, -0.15) is 0 Å². The van der Waals surface area contributed by atoms with Crippen LogP contribution in [0.4, 0.5) is 0 Å². The first-order valence-electron chi connectivity index (χ1n) is 5.19. The zero-order valence-corrected chi connectivity index (χ0v) is 16.7. The first-order chi connectivity index (χ1) is 10.2. The van der Waals surface area contributed by atoms with E-state index in [-0.39, 0.29) is 56.7 Å². The van der Waals surface area contributed by atoms with Gasteiger partial charge in [-0.15, -0.1) is 0 Å². The summed E-state index contributed by atoms with van der Waals surface area (Å²) in [7, 11) is 0. The third kappa shape index (κ3) is 3.44. The SMILES string of the molecule is Clc1cc(Cl)c(Oc2c(Cl)c(Cl)c(Cl)c(Cl)c2Cl)c(Cl)c1Cl. The summed E-state index contributed by atoms with van der Waals surface area (Å²) in [6.45, 7) is 0. The molecule has 2 aromatic carbocycles. The highest BCUT2D eigenvalue weighted by Crippen LogP contribution is 2.52. The van der Waals surface area contributed by atoms with E-state index in [1.807, 2.05) is 0 Å². The van der Waals surface area contributed by atoms with Gasteiger partial charge >= 0.3 is 0 Å². The number of rotatable bonds is 2. The second-order valence-corrected chi connectivity index (χ2v) is 7.26. The van der Waals surface area contributed by atoms with E-state index < -0.39 is 0 Å². The van der Waals surface area contributed by atoms with E-state index in [2.05, 4.69) is 0 Å². The molecule has 0 unspecified atom stereocenters. The fourth-order valence-corrected chi connectivity index (χ4v) is 3.60. The maximum atomic E-state index is 6.07. The summed E-state index contributed by atoms with van der Waals surface area (Å²) in [5.74, 6) is -0.0686. The summed E-state index contributed by atoms with van der Waals surface area (Å²) >= 11 is 53.9. The van der Waals surface area contributed by atoms with Crippen molar-refractivity contribution < 1.29 is 4.74 Å². The lowest BCUT2D eigenvalue weighted by molar-refractivity contribution is 0.484. The van der Waals surface area contributed by atoms with E-state index in [1.54, 1.807) is 0 Å². The maximum absolute atomic E-state index is 6.07. The fourth-order valence-electron chi connectivity index (χ4n) is 1.42. The molecule has 0 fully saturated rings. The highest BCUT2D eigenvalue weighted by molar-refractivity contribution is 6.56. The molecule has 0 aliphatic heterocycles. The van der Waals surface area contributed by atoms with E-state index in [1.165, 1.54) is 6.07 Å². The monoisotopic (exact) mass is 476 g/mol. The first-order valence-corrected chi connectivity index (χ1v) is 8.59. The first kappa shape index (κ1) is 19.2. The molecule has 0 N–H and O–H groups in total. The summed E-state index contributed by atoms with van der Waals surface area (Å²) in [6.07, 6.45) is 0. The summed E-state index contributed by atoms with van der Waals surface area (Å²) in [6, 6.07) is 1.35. The van der Waals surface area contributed by atoms with Gasteiger partial charge in [0.15, 0.2) is 11.5 Å². The molecule has 0 radical (unpaired) electrons. The van der Waals surface area contributed by atoms with E-state index in [9.17, 15) is 0 Å². The molecule has 0 amide bonds. The van der Waals surface area contributed by atoms with Crippen molar-refractivity contribution >= 4 is 104 Å². The molecule has 0 aliphatic carbocycles. The molecule has 2 rings (SSSR count). The van der Waals surface area contributed by atoms with Crippen LogP contribution in [0.3, 0.4) is 0 Å². The van der Waals surface area contributed by atoms with Crippen LogP contribution < -0.4 is 4.74 Å². The molecule has 0 spiro atoms. The van der Waals surface area contributed by atoms with Crippen LogP contribution in [0.1, 0.15) is 0 Å². The van der Waals surface area contributed by atoms with Gasteiger partial charge in [0.25, 0.3) is 0 Å². The minimum atomic E-state index is -0.0649. The number of hydrogen-bond acceptors (Lipinski definition) is 1. The van der Waals surface area contributed by atoms with Crippen molar-refractivity contribution in [2.75, 3.05) is 0 Å². The third-order valence-electron chi connectivity index (χ3n) is 2.45. The molecule has 0 aromatic heterocycles. The van der Waals surface area contributed by atoms with Crippen molar-refractivity contribution in [1.29, 1.82) is 0 Å². The molecule has 0 heterocycles. The van der Waals surface area contributed by atoms with Gasteiger partial charge in [0.2, 0.25) is 0 Å². The number of ether oxygens (including phenoxy) is 1. The van der Waals surface area contributed by atoms with Gasteiger partial charge < -0.3 is 4.74 Å².